The Balaban J connectivity index is 0.000000177. The number of nitrogens with one attached hydrogen (secondary N) is 1. The number of rotatable bonds is 1. The summed E-state index contributed by atoms with van der Waals surface area (Å²) in [4.78, 5) is 22.3. The van der Waals surface area contributed by atoms with Crippen LogP contribution in [0.15, 0.2) is 72.1 Å². The third-order valence-corrected chi connectivity index (χ3v) is 11.3. The number of ether oxygens (including phenoxy) is 1. The van der Waals surface area contributed by atoms with E-state index in [0.29, 0.717) is 90.8 Å². The Morgan fingerprint density at radius 1 is 0.667 bits per heavy atom. The van der Waals surface area contributed by atoms with E-state index in [1.165, 1.54) is 17.7 Å². The van der Waals surface area contributed by atoms with Crippen LogP contribution in [0.2, 0.25) is 10.0 Å². The van der Waals surface area contributed by atoms with Crippen molar-refractivity contribution in [2.45, 2.75) is 70.6 Å². The minimum absolute atomic E-state index is 0.316. The van der Waals surface area contributed by atoms with Gasteiger partial charge in [-0.15, -0.1) is 0 Å². The number of hydrogen-bond donors (Lipinski definition) is 1. The van der Waals surface area contributed by atoms with Crippen LogP contribution in [0.4, 0.5) is 31.1 Å². The van der Waals surface area contributed by atoms with Crippen molar-refractivity contribution >= 4 is 40.4 Å². The van der Waals surface area contributed by atoms with Gasteiger partial charge in [0.2, 0.25) is 0 Å². The van der Waals surface area contributed by atoms with Gasteiger partial charge in [-0.3, -0.25) is 9.97 Å². The van der Waals surface area contributed by atoms with Crippen LogP contribution in [0.1, 0.15) is 88.5 Å². The first-order valence-corrected chi connectivity index (χ1v) is 19.7. The molecule has 4 aromatic rings. The standard InChI is InChI=1S/C23H22ClF3N2O2.C20H18ClF3N2/c1-2-31-22(30)29-9-7-14(8-10-29)20-19-6-5-18(24)12-15(19)3-4-16-11-17(23(25,26)27)13-28-21(16)20;21-16-3-4-17-13(10-16)1-2-14-9-15(20(22,23)24)11-26-19(14)18(17)12-5-7-25-8-6-12/h5-6,11-13H,2-4,7-10H2,1H3;3-4,9-11,25H,1-2,5-8H2. The highest BCUT2D eigenvalue weighted by atomic mass is 35.5. The number of fused-ring (bicyclic) bond motifs is 4. The molecule has 0 radical (unpaired) electrons. The molecule has 0 bridgehead atoms. The van der Waals surface area contributed by atoms with Gasteiger partial charge in [-0.25, -0.2) is 4.79 Å². The molecule has 14 heteroatoms. The highest BCUT2D eigenvalue weighted by Gasteiger charge is 2.35. The highest BCUT2D eigenvalue weighted by molar-refractivity contribution is 6.31. The van der Waals surface area contributed by atoms with Crippen molar-refractivity contribution in [1.82, 2.24) is 20.2 Å². The fourth-order valence-electron chi connectivity index (χ4n) is 8.10. The van der Waals surface area contributed by atoms with Crippen LogP contribution in [-0.2, 0) is 42.8 Å². The van der Waals surface area contributed by atoms with Crippen molar-refractivity contribution in [1.29, 1.82) is 0 Å². The molecule has 0 spiro atoms. The molecule has 4 aliphatic rings. The monoisotopic (exact) mass is 828 g/mol. The predicted molar refractivity (Wildman–Crippen MR) is 208 cm³/mol. The molecule has 2 aliphatic carbocycles. The second-order valence-corrected chi connectivity index (χ2v) is 15.3. The first kappa shape index (κ1) is 40.8. The summed E-state index contributed by atoms with van der Waals surface area (Å²) in [6.45, 7) is 4.82. The Bertz CT molecular complexity index is 2230. The number of halogens is 8. The Morgan fingerprint density at radius 3 is 1.54 bits per heavy atom. The average molecular weight is 830 g/mol. The minimum Gasteiger partial charge on any atom is -0.450 e. The lowest BCUT2D eigenvalue weighted by Gasteiger charge is -2.29. The third-order valence-electron chi connectivity index (χ3n) is 10.9. The zero-order valence-corrected chi connectivity index (χ0v) is 32.7. The molecule has 0 saturated carbocycles. The lowest BCUT2D eigenvalue weighted by Crippen LogP contribution is -2.37. The van der Waals surface area contributed by atoms with Crippen molar-refractivity contribution in [3.05, 3.63) is 138 Å². The highest BCUT2D eigenvalue weighted by Crippen LogP contribution is 2.42. The summed E-state index contributed by atoms with van der Waals surface area (Å²) < 4.78 is 84.4. The summed E-state index contributed by atoms with van der Waals surface area (Å²) >= 11 is 12.4. The maximum absolute atomic E-state index is 13.3. The second kappa shape index (κ2) is 16.8. The molecule has 2 aliphatic heterocycles. The molecule has 8 rings (SSSR count). The Hall–Kier alpha value is -4.39. The van der Waals surface area contributed by atoms with Gasteiger partial charge in [-0.05, 0) is 141 Å². The summed E-state index contributed by atoms with van der Waals surface area (Å²) in [5, 5.41) is 4.57. The molecule has 2 aromatic heterocycles. The number of piperidine rings is 2. The van der Waals surface area contributed by atoms with Gasteiger partial charge >= 0.3 is 18.4 Å². The maximum Gasteiger partial charge on any atom is 0.417 e. The number of benzene rings is 2. The van der Waals surface area contributed by atoms with Crippen molar-refractivity contribution in [2.75, 3.05) is 32.8 Å². The van der Waals surface area contributed by atoms with Gasteiger partial charge in [0.15, 0.2) is 0 Å². The molecule has 2 fully saturated rings. The van der Waals surface area contributed by atoms with E-state index in [4.69, 9.17) is 27.9 Å². The van der Waals surface area contributed by atoms with E-state index in [2.05, 4.69) is 15.3 Å². The molecule has 2 aromatic carbocycles. The van der Waals surface area contributed by atoms with Crippen LogP contribution in [0.5, 0.6) is 0 Å². The minimum atomic E-state index is -4.44. The van der Waals surface area contributed by atoms with Crippen LogP contribution in [0.25, 0.3) is 11.1 Å². The molecule has 6 nitrogen and oxygen atoms in total. The number of nitrogens with zero attached hydrogens (tertiary/aromatic N) is 3. The van der Waals surface area contributed by atoms with Gasteiger partial charge in [0.05, 0.1) is 29.1 Å². The third kappa shape index (κ3) is 9.03. The van der Waals surface area contributed by atoms with Crippen molar-refractivity contribution in [3.63, 3.8) is 0 Å². The van der Waals surface area contributed by atoms with E-state index in [1.54, 1.807) is 17.9 Å². The van der Waals surface area contributed by atoms with Gasteiger partial charge in [-0.1, -0.05) is 46.5 Å². The number of aryl methyl sites for hydroxylation is 4. The molecule has 4 heterocycles. The lowest BCUT2D eigenvalue weighted by molar-refractivity contribution is -0.138. The van der Waals surface area contributed by atoms with Crippen LogP contribution >= 0.6 is 23.2 Å². The predicted octanol–water partition coefficient (Wildman–Crippen LogP) is 10.9. The number of amides is 1. The summed E-state index contributed by atoms with van der Waals surface area (Å²) in [7, 11) is 0. The Labute approximate surface area is 336 Å². The number of aromatic nitrogens is 2. The normalized spacial score (nSPS) is 17.0. The fourth-order valence-corrected chi connectivity index (χ4v) is 8.49. The molecular formula is C43H40Cl2F6N4O2. The largest absolute Gasteiger partial charge is 0.450 e. The van der Waals surface area contributed by atoms with Crippen LogP contribution in [0, 0.1) is 0 Å². The zero-order valence-electron chi connectivity index (χ0n) is 31.1. The van der Waals surface area contributed by atoms with Gasteiger partial charge in [0.1, 0.15) is 0 Å². The molecule has 300 valence electrons. The summed E-state index contributed by atoms with van der Waals surface area (Å²) in [6, 6.07) is 13.8. The number of hydrogen-bond acceptors (Lipinski definition) is 5. The van der Waals surface area contributed by atoms with E-state index in [-0.39, 0.29) is 6.09 Å². The topological polar surface area (TPSA) is 67.3 Å². The van der Waals surface area contributed by atoms with Gasteiger partial charge in [0.25, 0.3) is 0 Å². The number of carbonyl (C=O) groups excluding carboxylic acids is 1. The Kier molecular flexibility index (Phi) is 12.0. The average Bonchev–Trinajstić information content (AvgIpc) is 3.45. The van der Waals surface area contributed by atoms with E-state index < -0.39 is 23.5 Å². The SMILES string of the molecule is CCOC(=O)N1CCC(=C2c3ccc(Cl)cc3CCc3cc(C(F)(F)F)cnc32)CC1.FC(F)(F)c1cnc2c(c1)CCc1cc(Cl)ccc1C2=C1CCNCC1. The molecule has 0 atom stereocenters. The molecule has 1 N–H and O–H groups in total. The molecule has 2 saturated heterocycles. The summed E-state index contributed by atoms with van der Waals surface area (Å²) in [5.74, 6) is 0. The first-order valence-electron chi connectivity index (χ1n) is 19.0. The Morgan fingerprint density at radius 2 is 1.11 bits per heavy atom. The first-order chi connectivity index (χ1) is 27.2. The van der Waals surface area contributed by atoms with Crippen molar-refractivity contribution in [3.8, 4) is 0 Å². The number of pyridine rings is 2. The van der Waals surface area contributed by atoms with Crippen molar-refractivity contribution < 1.29 is 35.9 Å². The maximum atomic E-state index is 13.3. The summed E-state index contributed by atoms with van der Waals surface area (Å²) in [6.07, 6.45) is -2.12. The van der Waals surface area contributed by atoms with E-state index in [9.17, 15) is 31.1 Å². The quantitative estimate of drug-likeness (QED) is 0.194. The van der Waals surface area contributed by atoms with Gasteiger partial charge in [0, 0.05) is 46.7 Å². The smallest absolute Gasteiger partial charge is 0.417 e. The van der Waals surface area contributed by atoms with E-state index in [0.717, 1.165) is 77.3 Å². The van der Waals surface area contributed by atoms with Crippen LogP contribution in [0.3, 0.4) is 0 Å². The number of likely N-dealkylation sites (tertiary alicyclic amines) is 1. The van der Waals surface area contributed by atoms with Gasteiger partial charge in [-0.2, -0.15) is 26.3 Å². The van der Waals surface area contributed by atoms with Crippen LogP contribution < -0.4 is 5.32 Å². The molecule has 1 amide bonds. The van der Waals surface area contributed by atoms with E-state index >= 15 is 0 Å². The molecule has 0 unspecified atom stereocenters. The van der Waals surface area contributed by atoms with Crippen molar-refractivity contribution in [2.24, 2.45) is 0 Å². The molecular weight excluding hydrogens is 789 g/mol. The second-order valence-electron chi connectivity index (χ2n) is 14.5. The zero-order chi connectivity index (χ0) is 40.5. The summed E-state index contributed by atoms with van der Waals surface area (Å²) in [5.41, 5.74) is 9.38. The number of alkyl halides is 6. The number of carbonyl (C=O) groups is 1. The van der Waals surface area contributed by atoms with E-state index in [1.807, 2.05) is 30.3 Å². The van der Waals surface area contributed by atoms with Gasteiger partial charge < -0.3 is 15.0 Å². The van der Waals surface area contributed by atoms with Crippen LogP contribution in [-0.4, -0.2) is 53.7 Å². The lowest BCUT2D eigenvalue weighted by atomic mass is 9.88. The molecule has 57 heavy (non-hydrogen) atoms. The fraction of sp³-hybridized carbons (Fsp3) is 0.372.